The van der Waals surface area contributed by atoms with Gasteiger partial charge in [-0.3, -0.25) is 18.7 Å². The Morgan fingerprint density at radius 3 is 0.667 bits per heavy atom. The van der Waals surface area contributed by atoms with E-state index in [-0.39, 0.29) is 22.3 Å². The quantitative estimate of drug-likeness (QED) is 0.135. The fraction of sp³-hybridized carbons (Fsp3) is 0.0213. The molecule has 28 rings (SSSR count). The van der Waals surface area contributed by atoms with Crippen LogP contribution < -0.4 is 0 Å². The summed E-state index contributed by atoms with van der Waals surface area (Å²) in [5.74, 6) is 2.17. The highest BCUT2D eigenvalue weighted by Crippen LogP contribution is 2.45. The molecule has 9 nitrogen and oxygen atoms in total. The second-order valence-electron chi connectivity index (χ2n) is 37.1. The highest BCUT2D eigenvalue weighted by Gasteiger charge is 2.23. The number of benzene rings is 22. The normalized spacial score (nSPS) is 11.2. The number of fused-ring (bicyclic) bond motifs is 24. The third-order valence-corrected chi connectivity index (χ3v) is 28.4. The van der Waals surface area contributed by atoms with Crippen molar-refractivity contribution in [3.05, 3.63) is 552 Å². The molecule has 22 aromatic carbocycles. The summed E-state index contributed by atoms with van der Waals surface area (Å²) in [5.41, 5.74) is 26.3. The third kappa shape index (κ3) is 17.6. The van der Waals surface area contributed by atoms with E-state index in [9.17, 15) is 0 Å². The average Bonchev–Trinajstić information content (AvgIpc) is 1.52. The molecule has 6 aromatic heterocycles. The van der Waals surface area contributed by atoms with Crippen LogP contribution in [0.4, 0.5) is 0 Å². The van der Waals surface area contributed by atoms with E-state index < -0.39 is 0 Å². The SMILES string of the molecule is C.C.C.c1ccc(-c2ccc3c(c2)c2ccccc2c2ccccc2c2cc(-c4ccccc4)ccc2n3-c2cnc3ccccc3n2)cc1.c1ccc(-c2ccc3c(c2)c2ccccc2c2ccccc2c2cc(-c4ccccc4)ccc2n3-c2nc3ccccc3nc2-c2ccccc2)cc1.c1ccc(-c2ccc3c(c2)c2ccccc2c2ccccc2c2cc(-c4ccccc4)ccc2n3-c2ncc3ccccc3n2)cc1. The Hall–Kier alpha value is -19.7. The molecule has 0 aliphatic carbocycles. The molecule has 9 heteroatoms. The first-order valence-corrected chi connectivity index (χ1v) is 49.8. The van der Waals surface area contributed by atoms with Gasteiger partial charge >= 0.3 is 0 Å². The molecule has 0 aliphatic rings. The lowest BCUT2D eigenvalue weighted by molar-refractivity contribution is 1.01. The van der Waals surface area contributed by atoms with Crippen LogP contribution in [0, 0.1) is 0 Å². The molecule has 0 radical (unpaired) electrons. The first kappa shape index (κ1) is 93.9. The summed E-state index contributed by atoms with van der Waals surface area (Å²) >= 11 is 0. The van der Waals surface area contributed by atoms with Crippen molar-refractivity contribution in [1.82, 2.24) is 43.6 Å². The molecule has 0 fully saturated rings. The zero-order valence-corrected chi connectivity index (χ0v) is 80.1. The molecule has 0 saturated carbocycles. The minimum absolute atomic E-state index is 0. The second-order valence-corrected chi connectivity index (χ2v) is 37.1. The molecule has 712 valence electrons. The fourth-order valence-electron chi connectivity index (χ4n) is 21.4. The van der Waals surface area contributed by atoms with Crippen molar-refractivity contribution in [2.75, 3.05) is 0 Å². The summed E-state index contributed by atoms with van der Waals surface area (Å²) in [4.78, 5) is 31.2. The van der Waals surface area contributed by atoms with E-state index in [2.05, 4.69) is 493 Å². The Labute approximate surface area is 870 Å². The van der Waals surface area contributed by atoms with Gasteiger partial charge in [0.05, 0.1) is 66.9 Å². The zero-order valence-electron chi connectivity index (χ0n) is 80.1. The van der Waals surface area contributed by atoms with Crippen LogP contribution in [0.1, 0.15) is 22.3 Å². The lowest BCUT2D eigenvalue weighted by Gasteiger charge is -2.18. The molecule has 28 aromatic rings. The van der Waals surface area contributed by atoms with Crippen LogP contribution in [0.5, 0.6) is 0 Å². The van der Waals surface area contributed by atoms with Crippen molar-refractivity contribution in [1.29, 1.82) is 0 Å². The van der Waals surface area contributed by atoms with Crippen LogP contribution in [0.25, 0.3) is 259 Å². The largest absolute Gasteiger partial charge is 0.292 e. The molecule has 6 heterocycles. The minimum Gasteiger partial charge on any atom is -0.292 e. The summed E-state index contributed by atoms with van der Waals surface area (Å²) < 4.78 is 6.90. The molecule has 0 atom stereocenters. The van der Waals surface area contributed by atoms with Gasteiger partial charge in [-0.2, -0.15) is 0 Å². The lowest BCUT2D eigenvalue weighted by atomic mass is 9.98. The van der Waals surface area contributed by atoms with Crippen LogP contribution in [-0.4, -0.2) is 43.6 Å². The molecule has 0 N–H and O–H groups in total. The van der Waals surface area contributed by atoms with Gasteiger partial charge in [-0.25, -0.2) is 24.9 Å². The predicted octanol–water partition coefficient (Wildman–Crippen LogP) is 38.1. The maximum absolute atomic E-state index is 5.51. The summed E-state index contributed by atoms with van der Waals surface area (Å²) in [6, 6.07) is 192. The van der Waals surface area contributed by atoms with Gasteiger partial charge in [-0.1, -0.05) is 459 Å². The summed E-state index contributed by atoms with van der Waals surface area (Å²) in [5, 5.41) is 21.8. The molecule has 0 unspecified atom stereocenters. The average molecular weight is 1920 g/mol. The Morgan fingerprint density at radius 1 is 0.140 bits per heavy atom. The van der Waals surface area contributed by atoms with E-state index in [0.29, 0.717) is 5.95 Å². The van der Waals surface area contributed by atoms with Crippen molar-refractivity contribution in [3.8, 4) is 95.6 Å². The molecule has 0 spiro atoms. The Morgan fingerprint density at radius 2 is 0.367 bits per heavy atom. The highest BCUT2D eigenvalue weighted by molar-refractivity contribution is 6.24. The van der Waals surface area contributed by atoms with Crippen LogP contribution >= 0.6 is 0 Å². The van der Waals surface area contributed by atoms with Crippen molar-refractivity contribution in [2.24, 2.45) is 0 Å². The number of aromatic nitrogens is 9. The Balaban J connectivity index is 0.000000122. The van der Waals surface area contributed by atoms with Crippen LogP contribution in [0.2, 0.25) is 0 Å². The van der Waals surface area contributed by atoms with Crippen molar-refractivity contribution < 1.29 is 0 Å². The number of nitrogens with zero attached hydrogens (tertiary/aromatic N) is 9. The lowest BCUT2D eigenvalue weighted by Crippen LogP contribution is -2.06. The van der Waals surface area contributed by atoms with Gasteiger partial charge in [-0.15, -0.1) is 0 Å². The highest BCUT2D eigenvalue weighted by atomic mass is 15.1. The number of hydrogen-bond donors (Lipinski definition) is 0. The third-order valence-electron chi connectivity index (χ3n) is 28.4. The molecular weight excluding hydrogens is 1820 g/mol. The maximum atomic E-state index is 5.51. The smallest absolute Gasteiger partial charge is 0.235 e. The number of rotatable bonds is 10. The van der Waals surface area contributed by atoms with E-state index in [0.717, 1.165) is 176 Å². The Kier molecular flexibility index (Phi) is 25.8. The topological polar surface area (TPSA) is 92.1 Å². The molecule has 150 heavy (non-hydrogen) atoms. The van der Waals surface area contributed by atoms with E-state index in [1.165, 1.54) is 76.5 Å². The summed E-state index contributed by atoms with van der Waals surface area (Å²) in [6.45, 7) is 0. The van der Waals surface area contributed by atoms with Crippen LogP contribution in [-0.2, 0) is 0 Å². The van der Waals surface area contributed by atoms with Crippen molar-refractivity contribution in [3.63, 3.8) is 0 Å². The van der Waals surface area contributed by atoms with Crippen LogP contribution in [0.15, 0.2) is 552 Å². The van der Waals surface area contributed by atoms with Gasteiger partial charge in [-0.05, 0) is 235 Å². The standard InChI is InChI=1S/C50H33N3.2C44H29N3.3CH4/c1-4-16-34(17-5-1)37-28-30-47-43(32-37)41-24-12-10-22-39(41)40-23-11-13-25-42(40)44-33-38(35-18-6-2-7-19-35)29-31-48(44)53(47)50-49(36-20-8-3-9-21-36)51-45-26-14-15-27-46(45)52-50;1-3-13-30(14-4-1)32-23-25-42-39(27-32)37-20-10-8-18-35(37)36-19-9-11-21-38(36)40-28-33(31-15-5-2-6-16-31)24-26-43(40)47(42)44-45-29-34-17-7-12-22-41(34)46-44;1-3-13-30(14-4-1)32-23-25-42-38(27-32)36-19-9-7-17-34(36)35-18-8-10-20-37(35)39-28-33(31-15-5-2-6-16-31)24-26-43(39)47(42)44-29-45-40-21-11-12-22-41(40)46-44;;;/h1-33H;2*1-29H;3*1H4. The van der Waals surface area contributed by atoms with Gasteiger partial charge in [0, 0.05) is 49.5 Å². The second kappa shape index (κ2) is 41.2. The van der Waals surface area contributed by atoms with E-state index in [4.69, 9.17) is 29.9 Å². The van der Waals surface area contributed by atoms with Gasteiger partial charge < -0.3 is 0 Å². The summed E-state index contributed by atoms with van der Waals surface area (Å²) in [7, 11) is 0. The molecular formula is C141H103N9. The Bertz CT molecular complexity index is 9420. The maximum Gasteiger partial charge on any atom is 0.235 e. The minimum atomic E-state index is 0. The summed E-state index contributed by atoms with van der Waals surface area (Å²) in [6.07, 6.45) is 3.84. The van der Waals surface area contributed by atoms with E-state index in [1.54, 1.807) is 0 Å². The molecule has 0 bridgehead atoms. The zero-order chi connectivity index (χ0) is 97.5. The molecule has 0 aliphatic heterocycles. The molecule has 0 amide bonds. The van der Waals surface area contributed by atoms with E-state index in [1.807, 2.05) is 73.1 Å². The number of para-hydroxylation sites is 5. The van der Waals surface area contributed by atoms with Gasteiger partial charge in [0.25, 0.3) is 0 Å². The van der Waals surface area contributed by atoms with Gasteiger partial charge in [0.1, 0.15) is 5.69 Å². The monoisotopic (exact) mass is 1920 g/mol. The first-order chi connectivity index (χ1) is 72.9. The molecule has 0 saturated heterocycles. The van der Waals surface area contributed by atoms with Crippen molar-refractivity contribution in [2.45, 2.75) is 22.3 Å². The van der Waals surface area contributed by atoms with Crippen LogP contribution in [0.3, 0.4) is 0 Å². The van der Waals surface area contributed by atoms with Gasteiger partial charge in [0.2, 0.25) is 5.95 Å². The van der Waals surface area contributed by atoms with E-state index >= 15 is 0 Å². The number of hydrogen-bond acceptors (Lipinski definition) is 6. The first-order valence-electron chi connectivity index (χ1n) is 49.8. The van der Waals surface area contributed by atoms with Crippen molar-refractivity contribution >= 4 is 163 Å². The fourth-order valence-corrected chi connectivity index (χ4v) is 21.4. The van der Waals surface area contributed by atoms with Gasteiger partial charge in [0.15, 0.2) is 11.6 Å². The predicted molar refractivity (Wildman–Crippen MR) is 638 cm³/mol.